The standard InChI is InChI=1S/C16H25NO3/c1-11-14(18)8-9-15(17(2)3)16(11,19)12-6-5-7-13(10-12)20-4/h5-7,10-11,14-15,18-19H,8-9H2,1-4H3/t11?,14-,15-,16-/m1/s1. The molecule has 0 saturated heterocycles. The number of hydrogen-bond acceptors (Lipinski definition) is 4. The summed E-state index contributed by atoms with van der Waals surface area (Å²) < 4.78 is 5.26. The van der Waals surface area contributed by atoms with Crippen molar-refractivity contribution in [2.75, 3.05) is 21.2 Å². The van der Waals surface area contributed by atoms with E-state index in [0.717, 1.165) is 24.2 Å². The Morgan fingerprint density at radius 2 is 2.00 bits per heavy atom. The van der Waals surface area contributed by atoms with Crippen molar-refractivity contribution in [3.63, 3.8) is 0 Å². The third-order valence-electron chi connectivity index (χ3n) is 4.67. The first-order valence-corrected chi connectivity index (χ1v) is 7.12. The normalized spacial score (nSPS) is 34.2. The zero-order valence-electron chi connectivity index (χ0n) is 12.7. The van der Waals surface area contributed by atoms with Gasteiger partial charge in [-0.05, 0) is 44.6 Å². The van der Waals surface area contributed by atoms with Crippen molar-refractivity contribution in [3.8, 4) is 5.75 Å². The molecule has 20 heavy (non-hydrogen) atoms. The molecule has 0 spiro atoms. The van der Waals surface area contributed by atoms with Crippen LogP contribution in [0.1, 0.15) is 25.3 Å². The average Bonchev–Trinajstić information content (AvgIpc) is 2.44. The van der Waals surface area contributed by atoms with Gasteiger partial charge in [-0.2, -0.15) is 0 Å². The zero-order chi connectivity index (χ0) is 14.9. The van der Waals surface area contributed by atoms with Crippen LogP contribution in [-0.4, -0.2) is 48.5 Å². The molecule has 1 aliphatic carbocycles. The Hall–Kier alpha value is -1.10. The largest absolute Gasteiger partial charge is 0.497 e. The summed E-state index contributed by atoms with van der Waals surface area (Å²) in [7, 11) is 5.56. The molecule has 1 unspecified atom stereocenters. The summed E-state index contributed by atoms with van der Waals surface area (Å²) in [4.78, 5) is 2.04. The lowest BCUT2D eigenvalue weighted by Crippen LogP contribution is -2.58. The van der Waals surface area contributed by atoms with E-state index in [4.69, 9.17) is 4.74 Å². The van der Waals surface area contributed by atoms with Gasteiger partial charge in [-0.15, -0.1) is 0 Å². The molecule has 4 atom stereocenters. The number of benzene rings is 1. The van der Waals surface area contributed by atoms with Gasteiger partial charge in [0, 0.05) is 12.0 Å². The van der Waals surface area contributed by atoms with Crippen LogP contribution in [0.15, 0.2) is 24.3 Å². The molecule has 1 saturated carbocycles. The van der Waals surface area contributed by atoms with Crippen LogP contribution in [0.3, 0.4) is 0 Å². The lowest BCUT2D eigenvalue weighted by Gasteiger charge is -2.49. The summed E-state index contributed by atoms with van der Waals surface area (Å²) in [5, 5.41) is 21.6. The molecule has 1 aliphatic rings. The molecule has 112 valence electrons. The third kappa shape index (κ3) is 2.43. The first kappa shape index (κ1) is 15.3. The van der Waals surface area contributed by atoms with E-state index in [2.05, 4.69) is 0 Å². The minimum Gasteiger partial charge on any atom is -0.497 e. The topological polar surface area (TPSA) is 52.9 Å². The summed E-state index contributed by atoms with van der Waals surface area (Å²) in [5.74, 6) is 0.497. The predicted octanol–water partition coefficient (Wildman–Crippen LogP) is 1.60. The van der Waals surface area contributed by atoms with Gasteiger partial charge in [0.1, 0.15) is 11.4 Å². The van der Waals surface area contributed by atoms with Crippen molar-refractivity contribution in [1.29, 1.82) is 0 Å². The Balaban J connectivity index is 2.49. The van der Waals surface area contributed by atoms with Crippen LogP contribution < -0.4 is 4.74 Å². The van der Waals surface area contributed by atoms with E-state index in [9.17, 15) is 10.2 Å². The second kappa shape index (κ2) is 5.72. The van der Waals surface area contributed by atoms with Crippen LogP contribution in [0.2, 0.25) is 0 Å². The Bertz CT molecular complexity index is 463. The lowest BCUT2D eigenvalue weighted by atomic mass is 9.67. The van der Waals surface area contributed by atoms with Gasteiger partial charge >= 0.3 is 0 Å². The van der Waals surface area contributed by atoms with Crippen molar-refractivity contribution >= 4 is 0 Å². The fraction of sp³-hybridized carbons (Fsp3) is 0.625. The van der Waals surface area contributed by atoms with Crippen molar-refractivity contribution in [3.05, 3.63) is 29.8 Å². The van der Waals surface area contributed by atoms with E-state index < -0.39 is 11.7 Å². The number of aliphatic hydroxyl groups excluding tert-OH is 1. The van der Waals surface area contributed by atoms with Crippen LogP contribution in [0.5, 0.6) is 5.75 Å². The van der Waals surface area contributed by atoms with Gasteiger partial charge in [0.25, 0.3) is 0 Å². The average molecular weight is 279 g/mol. The number of ether oxygens (including phenoxy) is 1. The van der Waals surface area contributed by atoms with Gasteiger partial charge in [-0.3, -0.25) is 0 Å². The molecule has 4 nitrogen and oxygen atoms in total. The molecular weight excluding hydrogens is 254 g/mol. The van der Waals surface area contributed by atoms with E-state index in [1.54, 1.807) is 7.11 Å². The van der Waals surface area contributed by atoms with Crippen molar-refractivity contribution < 1.29 is 14.9 Å². The monoisotopic (exact) mass is 279 g/mol. The molecule has 4 heteroatoms. The quantitative estimate of drug-likeness (QED) is 0.882. The molecule has 2 rings (SSSR count). The zero-order valence-corrected chi connectivity index (χ0v) is 12.7. The van der Waals surface area contributed by atoms with Crippen molar-refractivity contribution in [2.45, 2.75) is 37.5 Å². The Morgan fingerprint density at radius 3 is 2.60 bits per heavy atom. The summed E-state index contributed by atoms with van der Waals surface area (Å²) in [6.07, 6.45) is 1.00. The number of likely N-dealkylation sites (N-methyl/N-ethyl adjacent to an activating group) is 1. The van der Waals surface area contributed by atoms with Crippen LogP contribution in [0.25, 0.3) is 0 Å². The van der Waals surface area contributed by atoms with Crippen LogP contribution in [-0.2, 0) is 5.60 Å². The van der Waals surface area contributed by atoms with Crippen LogP contribution >= 0.6 is 0 Å². The summed E-state index contributed by atoms with van der Waals surface area (Å²) >= 11 is 0. The molecule has 0 bridgehead atoms. The Morgan fingerprint density at radius 1 is 1.30 bits per heavy atom. The molecule has 0 heterocycles. The van der Waals surface area contributed by atoms with E-state index in [1.165, 1.54) is 0 Å². The first-order valence-electron chi connectivity index (χ1n) is 7.12. The highest BCUT2D eigenvalue weighted by Gasteiger charge is 2.50. The fourth-order valence-corrected chi connectivity index (χ4v) is 3.37. The highest BCUT2D eigenvalue weighted by atomic mass is 16.5. The number of hydrogen-bond donors (Lipinski definition) is 2. The van der Waals surface area contributed by atoms with Crippen LogP contribution in [0.4, 0.5) is 0 Å². The fourth-order valence-electron chi connectivity index (χ4n) is 3.37. The third-order valence-corrected chi connectivity index (χ3v) is 4.67. The predicted molar refractivity (Wildman–Crippen MR) is 78.8 cm³/mol. The van der Waals surface area contributed by atoms with E-state index in [-0.39, 0.29) is 12.0 Å². The van der Waals surface area contributed by atoms with Gasteiger partial charge < -0.3 is 19.8 Å². The molecule has 0 radical (unpaired) electrons. The van der Waals surface area contributed by atoms with Gasteiger partial charge in [-0.25, -0.2) is 0 Å². The molecule has 0 aliphatic heterocycles. The highest BCUT2D eigenvalue weighted by molar-refractivity contribution is 5.34. The summed E-state index contributed by atoms with van der Waals surface area (Å²) in [6, 6.07) is 7.50. The van der Waals surface area contributed by atoms with Gasteiger partial charge in [0.15, 0.2) is 0 Å². The highest BCUT2D eigenvalue weighted by Crippen LogP contribution is 2.44. The SMILES string of the molecule is COc1cccc([C@]2(O)C(C)[C@H](O)CC[C@H]2N(C)C)c1. The molecule has 2 N–H and O–H groups in total. The van der Waals surface area contributed by atoms with Gasteiger partial charge in [-0.1, -0.05) is 19.1 Å². The lowest BCUT2D eigenvalue weighted by molar-refractivity contribution is -0.145. The smallest absolute Gasteiger partial charge is 0.119 e. The van der Waals surface area contributed by atoms with E-state index in [0.29, 0.717) is 0 Å². The maximum atomic E-state index is 11.4. The molecule has 1 aromatic rings. The van der Waals surface area contributed by atoms with Gasteiger partial charge in [0.05, 0.1) is 13.2 Å². The van der Waals surface area contributed by atoms with Crippen molar-refractivity contribution in [2.24, 2.45) is 5.92 Å². The molecular formula is C16H25NO3. The minimum atomic E-state index is -1.07. The van der Waals surface area contributed by atoms with E-state index >= 15 is 0 Å². The number of methoxy groups -OCH3 is 1. The number of aliphatic hydroxyl groups is 2. The van der Waals surface area contributed by atoms with Crippen molar-refractivity contribution in [1.82, 2.24) is 4.90 Å². The maximum Gasteiger partial charge on any atom is 0.119 e. The number of rotatable bonds is 3. The van der Waals surface area contributed by atoms with Crippen LogP contribution in [0, 0.1) is 5.92 Å². The van der Waals surface area contributed by atoms with E-state index in [1.807, 2.05) is 50.2 Å². The second-order valence-electron chi connectivity index (χ2n) is 5.97. The second-order valence-corrected chi connectivity index (χ2v) is 5.97. The first-order chi connectivity index (χ1) is 9.41. The summed E-state index contributed by atoms with van der Waals surface area (Å²) in [6.45, 7) is 1.92. The Kier molecular flexibility index (Phi) is 4.37. The minimum absolute atomic E-state index is 0.0204. The van der Waals surface area contributed by atoms with Gasteiger partial charge in [0.2, 0.25) is 0 Å². The maximum absolute atomic E-state index is 11.4. The molecule has 1 aromatic carbocycles. The molecule has 0 amide bonds. The number of nitrogens with zero attached hydrogens (tertiary/aromatic N) is 1. The Labute approximate surface area is 121 Å². The summed E-state index contributed by atoms with van der Waals surface area (Å²) in [5.41, 5.74) is -0.266. The molecule has 1 fully saturated rings. The molecule has 0 aromatic heterocycles.